The van der Waals surface area contributed by atoms with E-state index in [0.29, 0.717) is 5.69 Å². The Balaban J connectivity index is 1.70. The molecule has 2 aliphatic rings. The lowest BCUT2D eigenvalue weighted by atomic mass is 9.96. The van der Waals surface area contributed by atoms with Crippen molar-refractivity contribution in [3.8, 4) is 0 Å². The third-order valence-corrected chi connectivity index (χ3v) is 4.15. The van der Waals surface area contributed by atoms with E-state index in [-0.39, 0.29) is 11.5 Å². The molecule has 0 bridgehead atoms. The van der Waals surface area contributed by atoms with Gasteiger partial charge in [0.15, 0.2) is 5.76 Å². The van der Waals surface area contributed by atoms with Crippen LogP contribution in [-0.4, -0.2) is 29.4 Å². The lowest BCUT2D eigenvalue weighted by Gasteiger charge is -2.17. The average molecular weight is 324 g/mol. The van der Waals surface area contributed by atoms with Crippen LogP contribution in [0, 0.1) is 12.8 Å². The molecule has 1 aromatic carbocycles. The number of benzene rings is 1. The van der Waals surface area contributed by atoms with Crippen molar-refractivity contribution in [2.24, 2.45) is 11.1 Å². The molecule has 2 atom stereocenters. The molecule has 1 saturated heterocycles. The molecule has 0 N–H and O–H groups in total. The summed E-state index contributed by atoms with van der Waals surface area (Å²) in [5, 5.41) is 3.67. The smallest absolute Gasteiger partial charge is 0.278 e. The summed E-state index contributed by atoms with van der Waals surface area (Å²) in [6.45, 7) is 1.80. The number of hydrogen-bond acceptors (Lipinski definition) is 6. The second kappa shape index (κ2) is 5.16. The van der Waals surface area contributed by atoms with Crippen molar-refractivity contribution < 1.29 is 23.6 Å². The van der Waals surface area contributed by atoms with Crippen molar-refractivity contribution in [1.82, 2.24) is 0 Å². The number of fused-ring (bicyclic) bond motifs is 1. The highest BCUT2D eigenvalue weighted by molar-refractivity contribution is 6.52. The molecule has 120 valence electrons. The molecule has 0 spiro atoms. The minimum Gasteiger partial charge on any atom is -0.461 e. The van der Waals surface area contributed by atoms with Gasteiger partial charge in [-0.3, -0.25) is 14.4 Å². The number of para-hydroxylation sites is 1. The summed E-state index contributed by atoms with van der Waals surface area (Å²) in [5.41, 5.74) is 1.15. The highest BCUT2D eigenvalue weighted by Gasteiger charge is 2.57. The Morgan fingerprint density at radius 1 is 1.12 bits per heavy atom. The molecule has 1 fully saturated rings. The predicted molar refractivity (Wildman–Crippen MR) is 82.5 cm³/mol. The quantitative estimate of drug-likeness (QED) is 0.633. The van der Waals surface area contributed by atoms with E-state index in [1.807, 2.05) is 6.07 Å². The molecular weight excluding hydrogens is 312 g/mol. The molecule has 2 amide bonds. The molecule has 1 aromatic heterocycles. The molecule has 3 heterocycles. The maximum Gasteiger partial charge on any atom is 0.278 e. The zero-order valence-electron chi connectivity index (χ0n) is 12.6. The van der Waals surface area contributed by atoms with Gasteiger partial charge in [-0.2, -0.15) is 0 Å². The van der Waals surface area contributed by atoms with Gasteiger partial charge in [0.2, 0.25) is 17.8 Å². The summed E-state index contributed by atoms with van der Waals surface area (Å²) in [6, 6.07) is 10.1. The number of imide groups is 1. The van der Waals surface area contributed by atoms with Gasteiger partial charge in [-0.25, -0.2) is 4.90 Å². The van der Waals surface area contributed by atoms with E-state index in [4.69, 9.17) is 9.25 Å². The number of carbonyl (C=O) groups is 3. The van der Waals surface area contributed by atoms with Gasteiger partial charge >= 0.3 is 0 Å². The maximum atomic E-state index is 12.8. The summed E-state index contributed by atoms with van der Waals surface area (Å²) in [5.74, 6) is -2.59. The molecule has 7 heteroatoms. The Kier molecular flexibility index (Phi) is 3.09. The van der Waals surface area contributed by atoms with Crippen molar-refractivity contribution in [1.29, 1.82) is 0 Å². The van der Waals surface area contributed by atoms with Crippen LogP contribution < -0.4 is 4.90 Å². The van der Waals surface area contributed by atoms with Crippen LogP contribution in [0.5, 0.6) is 0 Å². The molecule has 0 saturated carbocycles. The van der Waals surface area contributed by atoms with E-state index in [1.54, 1.807) is 31.2 Å². The molecule has 7 nitrogen and oxygen atoms in total. The monoisotopic (exact) mass is 324 g/mol. The second-order valence-electron chi connectivity index (χ2n) is 5.59. The summed E-state index contributed by atoms with van der Waals surface area (Å²) in [6.07, 6.45) is 0.244. The third kappa shape index (κ3) is 1.91. The molecule has 0 radical (unpaired) electrons. The number of nitrogens with zero attached hydrogens (tertiary/aromatic N) is 2. The van der Waals surface area contributed by atoms with Crippen molar-refractivity contribution in [2.75, 3.05) is 4.90 Å². The molecule has 4 rings (SSSR count). The topological polar surface area (TPSA) is 89.2 Å². The number of hydrogen-bond donors (Lipinski definition) is 0. The molecule has 24 heavy (non-hydrogen) atoms. The second-order valence-corrected chi connectivity index (χ2v) is 5.59. The minimum absolute atomic E-state index is 0.0487. The summed E-state index contributed by atoms with van der Waals surface area (Å²) in [7, 11) is 0. The first-order valence-corrected chi connectivity index (χ1v) is 7.35. The third-order valence-electron chi connectivity index (χ3n) is 4.15. The molecule has 0 aliphatic carbocycles. The Hall–Kier alpha value is -3.22. The first-order valence-electron chi connectivity index (χ1n) is 7.35. The zero-order chi connectivity index (χ0) is 16.8. The SMILES string of the molecule is Cc1ccccc1N1C(=O)[C@@H]2C(C(=O)c3ccco3)=NO[C@H]2C1=O. The number of anilines is 1. The summed E-state index contributed by atoms with van der Waals surface area (Å²) in [4.78, 5) is 44.0. The molecule has 2 aromatic rings. The number of amides is 2. The number of carbonyl (C=O) groups excluding carboxylic acids is 3. The van der Waals surface area contributed by atoms with Crippen LogP contribution in [0.2, 0.25) is 0 Å². The van der Waals surface area contributed by atoms with Crippen LogP contribution in [-0.2, 0) is 14.4 Å². The van der Waals surface area contributed by atoms with E-state index in [0.717, 1.165) is 10.5 Å². The van der Waals surface area contributed by atoms with E-state index < -0.39 is 29.6 Å². The van der Waals surface area contributed by atoms with Gasteiger partial charge < -0.3 is 9.25 Å². The molecule has 0 unspecified atom stereocenters. The molecule has 2 aliphatic heterocycles. The van der Waals surface area contributed by atoms with Crippen molar-refractivity contribution in [3.63, 3.8) is 0 Å². The Morgan fingerprint density at radius 2 is 1.92 bits per heavy atom. The van der Waals surface area contributed by atoms with Gasteiger partial charge in [-0.15, -0.1) is 0 Å². The maximum absolute atomic E-state index is 12.8. The predicted octanol–water partition coefficient (Wildman–Crippen LogP) is 1.72. The first kappa shape index (κ1) is 14.4. The van der Waals surface area contributed by atoms with Gasteiger partial charge in [0.1, 0.15) is 11.6 Å². The van der Waals surface area contributed by atoms with Gasteiger partial charge in [-0.05, 0) is 30.7 Å². The fourth-order valence-corrected chi connectivity index (χ4v) is 2.95. The Labute approximate surface area is 136 Å². The Bertz CT molecular complexity index is 884. The van der Waals surface area contributed by atoms with E-state index in [9.17, 15) is 14.4 Å². The number of rotatable bonds is 3. The average Bonchev–Trinajstić information content (AvgIpc) is 3.29. The number of ketones is 1. The fourth-order valence-electron chi connectivity index (χ4n) is 2.95. The number of oxime groups is 1. The highest BCUT2D eigenvalue weighted by atomic mass is 16.7. The minimum atomic E-state index is -1.11. The number of furan rings is 1. The van der Waals surface area contributed by atoms with Crippen LogP contribution in [0.1, 0.15) is 16.1 Å². The van der Waals surface area contributed by atoms with Crippen LogP contribution in [0.25, 0.3) is 0 Å². The van der Waals surface area contributed by atoms with Crippen LogP contribution in [0.3, 0.4) is 0 Å². The zero-order valence-corrected chi connectivity index (χ0v) is 12.6. The van der Waals surface area contributed by atoms with Crippen LogP contribution in [0.4, 0.5) is 5.69 Å². The first-order chi connectivity index (χ1) is 11.6. The summed E-state index contributed by atoms with van der Waals surface area (Å²) >= 11 is 0. The van der Waals surface area contributed by atoms with Gasteiger partial charge in [0, 0.05) is 0 Å². The van der Waals surface area contributed by atoms with Crippen LogP contribution in [0.15, 0.2) is 52.2 Å². The van der Waals surface area contributed by atoms with Crippen LogP contribution >= 0.6 is 0 Å². The number of Topliss-reactive ketones (excluding diaryl/α,β-unsaturated/α-hetero) is 1. The van der Waals surface area contributed by atoms with E-state index >= 15 is 0 Å². The largest absolute Gasteiger partial charge is 0.461 e. The highest BCUT2D eigenvalue weighted by Crippen LogP contribution is 2.35. The van der Waals surface area contributed by atoms with Gasteiger partial charge in [0.05, 0.1) is 12.0 Å². The van der Waals surface area contributed by atoms with Crippen molar-refractivity contribution in [3.05, 3.63) is 54.0 Å². The van der Waals surface area contributed by atoms with E-state index in [1.165, 1.54) is 12.3 Å². The van der Waals surface area contributed by atoms with E-state index in [2.05, 4.69) is 5.16 Å². The standard InChI is InChI=1S/C17H12N2O5/c1-9-5-2-3-6-10(9)19-16(21)12-13(18-24-15(12)17(19)22)14(20)11-7-4-8-23-11/h2-8,12,15H,1H3/t12-,15-/m1/s1. The lowest BCUT2D eigenvalue weighted by molar-refractivity contribution is -0.126. The van der Waals surface area contributed by atoms with Crippen molar-refractivity contribution >= 4 is 29.0 Å². The van der Waals surface area contributed by atoms with Crippen molar-refractivity contribution in [2.45, 2.75) is 13.0 Å². The Morgan fingerprint density at radius 3 is 2.62 bits per heavy atom. The normalized spacial score (nSPS) is 22.4. The number of aryl methyl sites for hydroxylation is 1. The summed E-state index contributed by atoms with van der Waals surface area (Å²) < 4.78 is 5.05. The van der Waals surface area contributed by atoms with Gasteiger partial charge in [-0.1, -0.05) is 23.4 Å². The fraction of sp³-hybridized carbons (Fsp3) is 0.176. The molecular formula is C17H12N2O5. The van der Waals surface area contributed by atoms with Gasteiger partial charge in [0.25, 0.3) is 5.91 Å². The lowest BCUT2D eigenvalue weighted by Crippen LogP contribution is -2.34.